The van der Waals surface area contributed by atoms with Crippen molar-refractivity contribution in [2.75, 3.05) is 19.6 Å². The Labute approximate surface area is 178 Å². The summed E-state index contributed by atoms with van der Waals surface area (Å²) in [7, 11) is -3.59. The van der Waals surface area contributed by atoms with Gasteiger partial charge in [0.2, 0.25) is 10.0 Å². The summed E-state index contributed by atoms with van der Waals surface area (Å²) in [4.78, 5) is 15.3. The molecule has 2 fully saturated rings. The molecule has 0 aromatic heterocycles. The molecule has 1 aliphatic carbocycles. The Hall–Kier alpha value is -2.22. The lowest BCUT2D eigenvalue weighted by Crippen LogP contribution is -2.47. The molecule has 7 heteroatoms. The van der Waals surface area contributed by atoms with Gasteiger partial charge in [-0.05, 0) is 61.9 Å². The van der Waals surface area contributed by atoms with Crippen molar-refractivity contribution < 1.29 is 13.2 Å². The number of hydrogen-bond donors (Lipinski definition) is 2. The van der Waals surface area contributed by atoms with Gasteiger partial charge in [-0.3, -0.25) is 9.69 Å². The number of nitrogens with zero attached hydrogens (tertiary/aromatic N) is 1. The van der Waals surface area contributed by atoms with E-state index in [0.29, 0.717) is 18.0 Å². The quantitative estimate of drug-likeness (QED) is 0.679. The van der Waals surface area contributed by atoms with E-state index in [2.05, 4.69) is 27.1 Å². The standard InChI is InChI=1S/C23H29N3O3S/c27-23(20-8-4-10-22(14-20)30(28,29)24-15-18-11-12-18)25-21-9-5-13-26(17-21)16-19-6-2-1-3-7-19/h1-4,6-8,10,14,18,21,24H,5,9,11-13,15-17H2,(H,25,27). The third kappa shape index (κ3) is 5.68. The first-order chi connectivity index (χ1) is 14.5. The summed E-state index contributed by atoms with van der Waals surface area (Å²) in [5.41, 5.74) is 1.64. The van der Waals surface area contributed by atoms with Crippen molar-refractivity contribution >= 4 is 15.9 Å². The fraction of sp³-hybridized carbons (Fsp3) is 0.435. The second-order valence-electron chi connectivity index (χ2n) is 8.36. The van der Waals surface area contributed by atoms with E-state index < -0.39 is 10.0 Å². The second-order valence-corrected chi connectivity index (χ2v) is 10.1. The van der Waals surface area contributed by atoms with E-state index in [9.17, 15) is 13.2 Å². The van der Waals surface area contributed by atoms with Gasteiger partial charge in [0.25, 0.3) is 5.91 Å². The summed E-state index contributed by atoms with van der Waals surface area (Å²) < 4.78 is 27.6. The molecule has 2 N–H and O–H groups in total. The van der Waals surface area contributed by atoms with E-state index in [1.165, 1.54) is 17.7 Å². The van der Waals surface area contributed by atoms with Gasteiger partial charge in [0.05, 0.1) is 4.90 Å². The van der Waals surface area contributed by atoms with Crippen molar-refractivity contribution in [2.24, 2.45) is 5.92 Å². The predicted molar refractivity (Wildman–Crippen MR) is 117 cm³/mol. The number of benzene rings is 2. The third-order valence-electron chi connectivity index (χ3n) is 5.76. The van der Waals surface area contributed by atoms with Gasteiger partial charge in [0, 0.05) is 31.2 Å². The van der Waals surface area contributed by atoms with Crippen LogP contribution >= 0.6 is 0 Å². The van der Waals surface area contributed by atoms with Crippen LogP contribution in [0, 0.1) is 5.92 Å². The van der Waals surface area contributed by atoms with Crippen molar-refractivity contribution in [3.63, 3.8) is 0 Å². The van der Waals surface area contributed by atoms with Gasteiger partial charge in [0.15, 0.2) is 0 Å². The number of rotatable bonds is 8. The molecule has 6 nitrogen and oxygen atoms in total. The Morgan fingerprint density at radius 2 is 1.83 bits per heavy atom. The number of amides is 1. The monoisotopic (exact) mass is 427 g/mol. The smallest absolute Gasteiger partial charge is 0.251 e. The first-order valence-corrected chi connectivity index (χ1v) is 12.1. The molecule has 30 heavy (non-hydrogen) atoms. The molecule has 1 aliphatic heterocycles. The van der Waals surface area contributed by atoms with E-state index in [1.54, 1.807) is 12.1 Å². The lowest BCUT2D eigenvalue weighted by atomic mass is 10.0. The van der Waals surface area contributed by atoms with Gasteiger partial charge in [-0.15, -0.1) is 0 Å². The average Bonchev–Trinajstić information content (AvgIpc) is 3.58. The summed E-state index contributed by atoms with van der Waals surface area (Å²) in [6, 6.07) is 16.7. The number of sulfonamides is 1. The topological polar surface area (TPSA) is 78.5 Å². The fourth-order valence-electron chi connectivity index (χ4n) is 3.86. The van der Waals surface area contributed by atoms with Gasteiger partial charge in [-0.1, -0.05) is 36.4 Å². The highest BCUT2D eigenvalue weighted by atomic mass is 32.2. The molecule has 1 heterocycles. The van der Waals surface area contributed by atoms with Crippen molar-refractivity contribution in [1.82, 2.24) is 14.9 Å². The van der Waals surface area contributed by atoms with Crippen LogP contribution in [0.1, 0.15) is 41.6 Å². The van der Waals surface area contributed by atoms with Crippen LogP contribution < -0.4 is 10.0 Å². The zero-order valence-electron chi connectivity index (χ0n) is 17.1. The van der Waals surface area contributed by atoms with Crippen LogP contribution in [0.15, 0.2) is 59.5 Å². The van der Waals surface area contributed by atoms with Gasteiger partial charge < -0.3 is 5.32 Å². The fourth-order valence-corrected chi connectivity index (χ4v) is 5.03. The Bertz CT molecular complexity index is 974. The number of carbonyl (C=O) groups is 1. The molecular weight excluding hydrogens is 398 g/mol. The summed E-state index contributed by atoms with van der Waals surface area (Å²) in [6.45, 7) is 3.15. The molecule has 1 unspecified atom stereocenters. The molecule has 0 spiro atoms. The molecule has 0 radical (unpaired) electrons. The highest BCUT2D eigenvalue weighted by molar-refractivity contribution is 7.89. The van der Waals surface area contributed by atoms with Gasteiger partial charge in [-0.25, -0.2) is 13.1 Å². The first-order valence-electron chi connectivity index (χ1n) is 10.7. The largest absolute Gasteiger partial charge is 0.348 e. The molecule has 4 rings (SSSR count). The van der Waals surface area contributed by atoms with Gasteiger partial charge in [0.1, 0.15) is 0 Å². The molecule has 1 saturated heterocycles. The Kier molecular flexibility index (Phi) is 6.51. The number of nitrogens with one attached hydrogen (secondary N) is 2. The number of piperidine rings is 1. The minimum atomic E-state index is -3.59. The van der Waals surface area contributed by atoms with Crippen LogP contribution in [0.2, 0.25) is 0 Å². The highest BCUT2D eigenvalue weighted by Crippen LogP contribution is 2.28. The predicted octanol–water partition coefficient (Wildman–Crippen LogP) is 2.77. The molecule has 160 valence electrons. The zero-order valence-corrected chi connectivity index (χ0v) is 17.9. The van der Waals surface area contributed by atoms with Crippen molar-refractivity contribution in [3.05, 3.63) is 65.7 Å². The number of carbonyl (C=O) groups excluding carboxylic acids is 1. The van der Waals surface area contributed by atoms with Crippen LogP contribution in [0.25, 0.3) is 0 Å². The lowest BCUT2D eigenvalue weighted by molar-refractivity contribution is 0.0900. The van der Waals surface area contributed by atoms with E-state index in [-0.39, 0.29) is 16.8 Å². The Balaban J connectivity index is 1.36. The SMILES string of the molecule is O=C(NC1CCCN(Cc2ccccc2)C1)c1cccc(S(=O)(=O)NCC2CC2)c1. The maximum absolute atomic E-state index is 12.8. The molecule has 2 aromatic rings. The zero-order chi connectivity index (χ0) is 21.0. The summed E-state index contributed by atoms with van der Waals surface area (Å²) in [6.07, 6.45) is 4.11. The van der Waals surface area contributed by atoms with Crippen molar-refractivity contribution in [1.29, 1.82) is 0 Å². The number of hydrogen-bond acceptors (Lipinski definition) is 4. The van der Waals surface area contributed by atoms with E-state index >= 15 is 0 Å². The normalized spacial score (nSPS) is 20.1. The Morgan fingerprint density at radius 1 is 1.03 bits per heavy atom. The Morgan fingerprint density at radius 3 is 2.60 bits per heavy atom. The summed E-state index contributed by atoms with van der Waals surface area (Å²) in [5, 5.41) is 3.09. The minimum Gasteiger partial charge on any atom is -0.348 e. The third-order valence-corrected chi connectivity index (χ3v) is 7.18. The first kappa shape index (κ1) is 21.0. The highest BCUT2D eigenvalue weighted by Gasteiger charge is 2.25. The maximum atomic E-state index is 12.8. The van der Waals surface area contributed by atoms with Crippen LogP contribution in [-0.2, 0) is 16.6 Å². The molecule has 2 aromatic carbocycles. The van der Waals surface area contributed by atoms with Gasteiger partial charge >= 0.3 is 0 Å². The van der Waals surface area contributed by atoms with Crippen molar-refractivity contribution in [3.8, 4) is 0 Å². The molecule has 1 atom stereocenters. The molecule has 0 bridgehead atoms. The maximum Gasteiger partial charge on any atom is 0.251 e. The van der Waals surface area contributed by atoms with E-state index in [1.807, 2.05) is 18.2 Å². The molecule has 2 aliphatic rings. The molecule has 1 amide bonds. The van der Waals surface area contributed by atoms with E-state index in [4.69, 9.17) is 0 Å². The van der Waals surface area contributed by atoms with Crippen LogP contribution in [0.4, 0.5) is 0 Å². The summed E-state index contributed by atoms with van der Waals surface area (Å²) >= 11 is 0. The van der Waals surface area contributed by atoms with E-state index in [0.717, 1.165) is 45.3 Å². The molecular formula is C23H29N3O3S. The minimum absolute atomic E-state index is 0.0585. The number of likely N-dealkylation sites (tertiary alicyclic amines) is 1. The van der Waals surface area contributed by atoms with Crippen LogP contribution in [0.5, 0.6) is 0 Å². The van der Waals surface area contributed by atoms with Crippen LogP contribution in [0.3, 0.4) is 0 Å². The summed E-state index contributed by atoms with van der Waals surface area (Å²) in [5.74, 6) is 0.234. The van der Waals surface area contributed by atoms with Crippen LogP contribution in [-0.4, -0.2) is 44.9 Å². The molecule has 1 saturated carbocycles. The second kappa shape index (κ2) is 9.29. The van der Waals surface area contributed by atoms with Crippen molar-refractivity contribution in [2.45, 2.75) is 43.2 Å². The van der Waals surface area contributed by atoms with Gasteiger partial charge in [-0.2, -0.15) is 0 Å². The lowest BCUT2D eigenvalue weighted by Gasteiger charge is -2.33. The average molecular weight is 428 g/mol.